The molecule has 0 aliphatic rings. The van der Waals surface area contributed by atoms with Gasteiger partial charge in [0.05, 0.1) is 12.4 Å². The number of amides is 2. The summed E-state index contributed by atoms with van der Waals surface area (Å²) in [6.07, 6.45) is 6.16. The van der Waals surface area contributed by atoms with Gasteiger partial charge in [-0.3, -0.25) is 9.48 Å². The molecule has 13 nitrogen and oxygen atoms in total. The minimum Gasteiger partial charge on any atom is -0.444 e. The molecule has 0 saturated carbocycles. The molecule has 44 heavy (non-hydrogen) atoms. The Morgan fingerprint density at radius 1 is 1.02 bits per heavy atom. The van der Waals surface area contributed by atoms with Crippen molar-refractivity contribution >= 4 is 12.0 Å². The van der Waals surface area contributed by atoms with Crippen LogP contribution in [-0.4, -0.2) is 59.5 Å². The van der Waals surface area contributed by atoms with Gasteiger partial charge in [0, 0.05) is 44.4 Å². The number of ether oxygens (including phenoxy) is 1. The van der Waals surface area contributed by atoms with Gasteiger partial charge in [-0.1, -0.05) is 30.3 Å². The molecule has 228 valence electrons. The van der Waals surface area contributed by atoms with Gasteiger partial charge in [0.25, 0.3) is 11.8 Å². The van der Waals surface area contributed by atoms with Crippen LogP contribution in [0.3, 0.4) is 0 Å². The van der Waals surface area contributed by atoms with E-state index in [-0.39, 0.29) is 29.3 Å². The lowest BCUT2D eigenvalue weighted by Gasteiger charge is -2.29. The van der Waals surface area contributed by atoms with Gasteiger partial charge < -0.3 is 23.8 Å². The Hall–Kier alpha value is -5.33. The Kier molecular flexibility index (Phi) is 8.30. The lowest BCUT2D eigenvalue weighted by atomic mass is 9.92. The molecule has 1 unspecified atom stereocenters. The average Bonchev–Trinajstić information content (AvgIpc) is 3.74. The molecule has 0 bridgehead atoms. The van der Waals surface area contributed by atoms with Crippen LogP contribution in [0.1, 0.15) is 55.1 Å². The molecule has 4 aromatic heterocycles. The van der Waals surface area contributed by atoms with Gasteiger partial charge in [-0.2, -0.15) is 5.10 Å². The highest BCUT2D eigenvalue weighted by atomic mass is 16.6. The van der Waals surface area contributed by atoms with E-state index in [2.05, 4.69) is 30.6 Å². The van der Waals surface area contributed by atoms with Crippen LogP contribution in [0.25, 0.3) is 23.2 Å². The number of oxazole rings is 1. The molecular weight excluding hydrogens is 564 g/mol. The molecule has 2 amide bonds. The Morgan fingerprint density at radius 3 is 2.39 bits per heavy atom. The predicted octanol–water partition coefficient (Wildman–Crippen LogP) is 4.77. The number of rotatable bonds is 9. The van der Waals surface area contributed by atoms with Crippen molar-refractivity contribution in [3.63, 3.8) is 0 Å². The van der Waals surface area contributed by atoms with E-state index in [1.54, 1.807) is 62.7 Å². The van der Waals surface area contributed by atoms with Crippen molar-refractivity contribution in [3.05, 3.63) is 89.9 Å². The number of carbonyl (C=O) groups is 2. The maximum Gasteiger partial charge on any atom is 0.408 e. The summed E-state index contributed by atoms with van der Waals surface area (Å²) in [5.41, 5.74) is 0.809. The van der Waals surface area contributed by atoms with Gasteiger partial charge in [0.1, 0.15) is 28.8 Å². The predicted molar refractivity (Wildman–Crippen MR) is 159 cm³/mol. The first-order valence-electron chi connectivity index (χ1n) is 13.9. The topological polar surface area (TPSA) is 154 Å². The number of aryl methyl sites for hydroxylation is 1. The van der Waals surface area contributed by atoms with E-state index >= 15 is 0 Å². The van der Waals surface area contributed by atoms with Crippen molar-refractivity contribution in [1.29, 1.82) is 0 Å². The van der Waals surface area contributed by atoms with Crippen LogP contribution >= 0.6 is 0 Å². The standard InChI is InChI=1S/C31H34N8O5/c1-30(2,3)44-29(41)35-31(4,16-20-10-8-7-9-11-20)28-37-36-26(43-28)24-15-22(14-23(34-24)25-32-12-13-42-25)27(40)38(5)18-21-17-33-39(6)19-21/h7-15,17,19H,16,18H2,1-6H3,(H,35,41). The Morgan fingerprint density at radius 2 is 1.75 bits per heavy atom. The second-order valence-corrected chi connectivity index (χ2v) is 11.7. The van der Waals surface area contributed by atoms with E-state index < -0.39 is 17.2 Å². The van der Waals surface area contributed by atoms with Crippen LogP contribution in [0.5, 0.6) is 0 Å². The molecule has 0 aliphatic carbocycles. The number of hydrogen-bond acceptors (Lipinski definition) is 10. The Bertz CT molecular complexity index is 1740. The molecule has 0 radical (unpaired) electrons. The number of pyridine rings is 1. The molecule has 1 atom stereocenters. The Labute approximate surface area is 254 Å². The van der Waals surface area contributed by atoms with E-state index in [4.69, 9.17) is 13.6 Å². The molecule has 0 saturated heterocycles. The van der Waals surface area contributed by atoms with Gasteiger partial charge in [0.2, 0.25) is 11.8 Å². The number of nitrogens with one attached hydrogen (secondary N) is 1. The minimum atomic E-state index is -1.14. The average molecular weight is 599 g/mol. The van der Waals surface area contributed by atoms with E-state index in [1.807, 2.05) is 43.6 Å². The number of benzene rings is 1. The Balaban J connectivity index is 1.50. The molecule has 1 N–H and O–H groups in total. The summed E-state index contributed by atoms with van der Waals surface area (Å²) in [6.45, 7) is 7.47. The van der Waals surface area contributed by atoms with Crippen LogP contribution in [0.4, 0.5) is 4.79 Å². The second-order valence-electron chi connectivity index (χ2n) is 11.7. The normalized spacial score (nSPS) is 12.9. The van der Waals surface area contributed by atoms with Crippen LogP contribution in [0, 0.1) is 0 Å². The zero-order valence-corrected chi connectivity index (χ0v) is 25.4. The molecule has 1 aromatic carbocycles. The maximum atomic E-state index is 13.6. The summed E-state index contributed by atoms with van der Waals surface area (Å²) in [5, 5.41) is 15.6. The zero-order valence-electron chi connectivity index (χ0n) is 25.4. The highest BCUT2D eigenvalue weighted by Gasteiger charge is 2.37. The van der Waals surface area contributed by atoms with Gasteiger partial charge >= 0.3 is 6.09 Å². The zero-order chi connectivity index (χ0) is 31.5. The first-order chi connectivity index (χ1) is 20.9. The van der Waals surface area contributed by atoms with E-state index in [1.165, 1.54) is 12.5 Å². The number of carbonyl (C=O) groups excluding carboxylic acids is 2. The number of hydrogen-bond donors (Lipinski definition) is 1. The highest BCUT2D eigenvalue weighted by Crippen LogP contribution is 2.30. The van der Waals surface area contributed by atoms with E-state index in [9.17, 15) is 9.59 Å². The molecule has 0 spiro atoms. The minimum absolute atomic E-state index is 0.0441. The highest BCUT2D eigenvalue weighted by molar-refractivity contribution is 5.95. The molecule has 5 rings (SSSR count). The SMILES string of the molecule is CN(Cc1cnn(C)c1)C(=O)c1cc(-c2ncco2)nc(-c2nnc(C(C)(Cc3ccccc3)NC(=O)OC(C)(C)C)o2)c1. The second kappa shape index (κ2) is 12.1. The largest absolute Gasteiger partial charge is 0.444 e. The van der Waals surface area contributed by atoms with Crippen LogP contribution in [-0.2, 0) is 30.3 Å². The summed E-state index contributed by atoms with van der Waals surface area (Å²) >= 11 is 0. The number of alkyl carbamates (subject to hydrolysis) is 1. The first-order valence-corrected chi connectivity index (χ1v) is 13.9. The molecule has 13 heteroatoms. The van der Waals surface area contributed by atoms with Crippen LogP contribution in [0.15, 0.2) is 76.2 Å². The summed E-state index contributed by atoms with van der Waals surface area (Å²) in [4.78, 5) is 36.8. The monoisotopic (exact) mass is 598 g/mol. The third-order valence-electron chi connectivity index (χ3n) is 6.54. The van der Waals surface area contributed by atoms with Gasteiger partial charge in [-0.05, 0) is 45.4 Å². The van der Waals surface area contributed by atoms with E-state index in [0.29, 0.717) is 24.2 Å². The third-order valence-corrected chi connectivity index (χ3v) is 6.54. The summed E-state index contributed by atoms with van der Waals surface area (Å²) < 4.78 is 18.8. The number of nitrogens with zero attached hydrogens (tertiary/aromatic N) is 7. The molecule has 5 aromatic rings. The van der Waals surface area contributed by atoms with Gasteiger partial charge in [0.15, 0.2) is 0 Å². The lowest BCUT2D eigenvalue weighted by Crippen LogP contribution is -2.47. The molecule has 0 fully saturated rings. The quantitative estimate of drug-likeness (QED) is 0.251. The van der Waals surface area contributed by atoms with Gasteiger partial charge in [-0.15, -0.1) is 10.2 Å². The fraction of sp³-hybridized carbons (Fsp3) is 0.323. The maximum absolute atomic E-state index is 13.6. The van der Waals surface area contributed by atoms with Crippen molar-refractivity contribution in [2.75, 3.05) is 7.05 Å². The fourth-order valence-corrected chi connectivity index (χ4v) is 4.60. The van der Waals surface area contributed by atoms with Crippen LogP contribution in [0.2, 0.25) is 0 Å². The third kappa shape index (κ3) is 7.17. The van der Waals surface area contributed by atoms with Crippen molar-refractivity contribution in [3.8, 4) is 23.2 Å². The summed E-state index contributed by atoms with van der Waals surface area (Å²) in [6, 6.07) is 12.8. The lowest BCUT2D eigenvalue weighted by molar-refractivity contribution is 0.0443. The summed E-state index contributed by atoms with van der Waals surface area (Å²) in [7, 11) is 3.51. The fourth-order valence-electron chi connectivity index (χ4n) is 4.60. The first kappa shape index (κ1) is 30.1. The smallest absolute Gasteiger partial charge is 0.408 e. The van der Waals surface area contributed by atoms with Crippen molar-refractivity contribution in [1.82, 2.24) is 40.2 Å². The van der Waals surface area contributed by atoms with Crippen molar-refractivity contribution < 1.29 is 23.2 Å². The van der Waals surface area contributed by atoms with E-state index in [0.717, 1.165) is 11.1 Å². The van der Waals surface area contributed by atoms with Crippen molar-refractivity contribution in [2.24, 2.45) is 7.05 Å². The van der Waals surface area contributed by atoms with Gasteiger partial charge in [-0.25, -0.2) is 14.8 Å². The molecule has 0 aliphatic heterocycles. The molecular formula is C31H34N8O5. The molecule has 4 heterocycles. The number of aromatic nitrogens is 6. The van der Waals surface area contributed by atoms with Crippen LogP contribution < -0.4 is 5.32 Å². The van der Waals surface area contributed by atoms with Crippen molar-refractivity contribution in [2.45, 2.75) is 51.8 Å². The summed E-state index contributed by atoms with van der Waals surface area (Å²) in [5.74, 6) is 0.122.